The summed E-state index contributed by atoms with van der Waals surface area (Å²) in [4.78, 5) is 13.2. The minimum absolute atomic E-state index is 0.140. The van der Waals surface area contributed by atoms with Crippen LogP contribution in [-0.2, 0) is 11.3 Å². The van der Waals surface area contributed by atoms with Crippen molar-refractivity contribution in [2.24, 2.45) is 5.73 Å². The molecule has 0 saturated carbocycles. The van der Waals surface area contributed by atoms with Crippen LogP contribution in [-0.4, -0.2) is 23.4 Å². The van der Waals surface area contributed by atoms with E-state index >= 15 is 0 Å². The van der Waals surface area contributed by atoms with Crippen molar-refractivity contribution >= 4 is 11.6 Å². The van der Waals surface area contributed by atoms with Crippen LogP contribution in [0.25, 0.3) is 0 Å². The van der Waals surface area contributed by atoms with E-state index in [0.717, 1.165) is 24.9 Å². The summed E-state index contributed by atoms with van der Waals surface area (Å²) in [5.74, 6) is -0.726. The third-order valence-corrected chi connectivity index (χ3v) is 3.14. The molecule has 0 spiro atoms. The third-order valence-electron chi connectivity index (χ3n) is 3.14. The third kappa shape index (κ3) is 2.55. The van der Waals surface area contributed by atoms with Crippen LogP contribution < -0.4 is 11.5 Å². The average molecular weight is 237 g/mol. The second kappa shape index (κ2) is 4.71. The topological polar surface area (TPSA) is 72.4 Å². The van der Waals surface area contributed by atoms with Crippen LogP contribution in [0.3, 0.4) is 0 Å². The van der Waals surface area contributed by atoms with Crippen molar-refractivity contribution in [2.45, 2.75) is 25.4 Å². The van der Waals surface area contributed by atoms with E-state index in [-0.39, 0.29) is 17.6 Å². The number of nitrogen functional groups attached to an aromatic ring is 1. The molecule has 2 rings (SSSR count). The van der Waals surface area contributed by atoms with E-state index in [4.69, 9.17) is 11.5 Å². The highest BCUT2D eigenvalue weighted by Crippen LogP contribution is 2.21. The molecule has 0 bridgehead atoms. The van der Waals surface area contributed by atoms with Crippen molar-refractivity contribution in [3.63, 3.8) is 0 Å². The van der Waals surface area contributed by atoms with E-state index in [2.05, 4.69) is 0 Å². The number of rotatable bonds is 3. The van der Waals surface area contributed by atoms with Crippen LogP contribution in [0.15, 0.2) is 18.2 Å². The monoisotopic (exact) mass is 237 g/mol. The Balaban J connectivity index is 2.09. The molecular weight excluding hydrogens is 221 g/mol. The molecule has 0 aliphatic carbocycles. The second-order valence-electron chi connectivity index (χ2n) is 4.39. The molecule has 1 aliphatic heterocycles. The molecular formula is C12H16FN3O. The molecule has 92 valence electrons. The molecule has 1 atom stereocenters. The Morgan fingerprint density at radius 1 is 1.53 bits per heavy atom. The molecule has 1 saturated heterocycles. The molecule has 5 heteroatoms. The van der Waals surface area contributed by atoms with Gasteiger partial charge in [0.2, 0.25) is 5.91 Å². The quantitative estimate of drug-likeness (QED) is 0.766. The number of halogens is 1. The SMILES string of the molecule is NC(=O)C1CCCN1Cc1ccc(N)c(F)c1. The number of amides is 1. The molecule has 17 heavy (non-hydrogen) atoms. The highest BCUT2D eigenvalue weighted by atomic mass is 19.1. The molecule has 0 aromatic heterocycles. The van der Waals surface area contributed by atoms with Gasteiger partial charge in [-0.25, -0.2) is 4.39 Å². The zero-order valence-electron chi connectivity index (χ0n) is 9.53. The smallest absolute Gasteiger partial charge is 0.234 e. The summed E-state index contributed by atoms with van der Waals surface area (Å²) < 4.78 is 13.3. The van der Waals surface area contributed by atoms with Crippen LogP contribution in [0.2, 0.25) is 0 Å². The maximum atomic E-state index is 13.3. The predicted molar refractivity (Wildman–Crippen MR) is 63.4 cm³/mol. The van der Waals surface area contributed by atoms with Gasteiger partial charge in [0, 0.05) is 6.54 Å². The van der Waals surface area contributed by atoms with E-state index in [1.807, 2.05) is 4.90 Å². The number of hydrogen-bond donors (Lipinski definition) is 2. The highest BCUT2D eigenvalue weighted by Gasteiger charge is 2.28. The minimum Gasteiger partial charge on any atom is -0.396 e. The standard InChI is InChI=1S/C12H16FN3O/c13-9-6-8(3-4-10(9)14)7-16-5-1-2-11(16)12(15)17/h3-4,6,11H,1-2,5,7,14H2,(H2,15,17). The molecule has 1 heterocycles. The molecule has 1 aliphatic rings. The Morgan fingerprint density at radius 3 is 2.94 bits per heavy atom. The largest absolute Gasteiger partial charge is 0.396 e. The number of carbonyl (C=O) groups excluding carboxylic acids is 1. The zero-order valence-corrected chi connectivity index (χ0v) is 9.53. The zero-order chi connectivity index (χ0) is 12.4. The Morgan fingerprint density at radius 2 is 2.29 bits per heavy atom. The summed E-state index contributed by atoms with van der Waals surface area (Å²) in [6.45, 7) is 1.35. The van der Waals surface area contributed by atoms with Crippen LogP contribution in [0.1, 0.15) is 18.4 Å². The fraction of sp³-hybridized carbons (Fsp3) is 0.417. The van der Waals surface area contributed by atoms with E-state index in [1.165, 1.54) is 6.07 Å². The molecule has 4 nitrogen and oxygen atoms in total. The molecule has 1 aromatic rings. The molecule has 1 amide bonds. The average Bonchev–Trinajstić information content (AvgIpc) is 2.72. The Kier molecular flexibility index (Phi) is 3.28. The van der Waals surface area contributed by atoms with Crippen molar-refractivity contribution in [3.05, 3.63) is 29.6 Å². The molecule has 1 fully saturated rings. The van der Waals surface area contributed by atoms with Crippen LogP contribution >= 0.6 is 0 Å². The summed E-state index contributed by atoms with van der Waals surface area (Å²) in [5.41, 5.74) is 11.7. The molecule has 0 radical (unpaired) electrons. The number of likely N-dealkylation sites (tertiary alicyclic amines) is 1. The van der Waals surface area contributed by atoms with Crippen molar-refractivity contribution in [2.75, 3.05) is 12.3 Å². The molecule has 1 aromatic carbocycles. The van der Waals surface area contributed by atoms with Gasteiger partial charge >= 0.3 is 0 Å². The number of nitrogens with zero attached hydrogens (tertiary/aromatic N) is 1. The van der Waals surface area contributed by atoms with Gasteiger partial charge in [0.15, 0.2) is 0 Å². The first kappa shape index (κ1) is 11.9. The van der Waals surface area contributed by atoms with E-state index < -0.39 is 5.82 Å². The van der Waals surface area contributed by atoms with Crippen LogP contribution in [0.5, 0.6) is 0 Å². The lowest BCUT2D eigenvalue weighted by Crippen LogP contribution is -2.39. The number of carbonyl (C=O) groups is 1. The van der Waals surface area contributed by atoms with Gasteiger partial charge in [-0.05, 0) is 37.1 Å². The van der Waals surface area contributed by atoms with Gasteiger partial charge in [0.25, 0.3) is 0 Å². The van der Waals surface area contributed by atoms with Crippen LogP contribution in [0, 0.1) is 5.82 Å². The number of hydrogen-bond acceptors (Lipinski definition) is 3. The van der Waals surface area contributed by atoms with Crippen molar-refractivity contribution in [1.29, 1.82) is 0 Å². The van der Waals surface area contributed by atoms with Gasteiger partial charge < -0.3 is 11.5 Å². The van der Waals surface area contributed by atoms with Crippen LogP contribution in [0.4, 0.5) is 10.1 Å². The first-order valence-electron chi connectivity index (χ1n) is 5.65. The number of benzene rings is 1. The van der Waals surface area contributed by atoms with Gasteiger partial charge in [-0.15, -0.1) is 0 Å². The Labute approximate surface area is 99.4 Å². The van der Waals surface area contributed by atoms with E-state index in [1.54, 1.807) is 12.1 Å². The minimum atomic E-state index is -0.419. The lowest BCUT2D eigenvalue weighted by atomic mass is 10.1. The fourth-order valence-corrected chi connectivity index (χ4v) is 2.24. The van der Waals surface area contributed by atoms with Gasteiger partial charge in [-0.3, -0.25) is 9.69 Å². The maximum Gasteiger partial charge on any atom is 0.234 e. The Hall–Kier alpha value is -1.62. The lowest BCUT2D eigenvalue weighted by Gasteiger charge is -2.21. The van der Waals surface area contributed by atoms with E-state index in [0.29, 0.717) is 6.54 Å². The maximum absolute atomic E-state index is 13.3. The summed E-state index contributed by atoms with van der Waals surface area (Å²) >= 11 is 0. The summed E-state index contributed by atoms with van der Waals surface area (Å²) in [7, 11) is 0. The number of anilines is 1. The first-order valence-corrected chi connectivity index (χ1v) is 5.65. The highest BCUT2D eigenvalue weighted by molar-refractivity contribution is 5.80. The summed E-state index contributed by atoms with van der Waals surface area (Å²) in [6, 6.07) is 4.50. The number of primary amides is 1. The van der Waals surface area contributed by atoms with Crippen molar-refractivity contribution in [3.8, 4) is 0 Å². The summed E-state index contributed by atoms with van der Waals surface area (Å²) in [6.07, 6.45) is 1.73. The van der Waals surface area contributed by atoms with Crippen molar-refractivity contribution < 1.29 is 9.18 Å². The Bertz CT molecular complexity index is 436. The van der Waals surface area contributed by atoms with E-state index in [9.17, 15) is 9.18 Å². The first-order chi connectivity index (χ1) is 8.08. The number of nitrogens with two attached hydrogens (primary N) is 2. The molecule has 4 N–H and O–H groups in total. The fourth-order valence-electron chi connectivity index (χ4n) is 2.24. The predicted octanol–water partition coefficient (Wildman–Crippen LogP) is 0.858. The normalized spacial score (nSPS) is 20.6. The van der Waals surface area contributed by atoms with Gasteiger partial charge in [0.1, 0.15) is 5.82 Å². The summed E-state index contributed by atoms with van der Waals surface area (Å²) in [5, 5.41) is 0. The van der Waals surface area contributed by atoms with Gasteiger partial charge in [0.05, 0.1) is 11.7 Å². The van der Waals surface area contributed by atoms with Gasteiger partial charge in [-0.1, -0.05) is 6.07 Å². The second-order valence-corrected chi connectivity index (χ2v) is 4.39. The lowest BCUT2D eigenvalue weighted by molar-refractivity contribution is -0.122. The van der Waals surface area contributed by atoms with Crippen molar-refractivity contribution in [1.82, 2.24) is 4.90 Å². The van der Waals surface area contributed by atoms with Gasteiger partial charge in [-0.2, -0.15) is 0 Å². The molecule has 1 unspecified atom stereocenters.